The molecule has 0 atom stereocenters. The van der Waals surface area contributed by atoms with Gasteiger partial charge in [-0.15, -0.1) is 11.3 Å². The van der Waals surface area contributed by atoms with E-state index in [1.807, 2.05) is 0 Å². The number of para-hydroxylation sites is 1. The molecule has 1 heterocycles. The van der Waals surface area contributed by atoms with Crippen LogP contribution in [0.4, 0.5) is 14.5 Å². The van der Waals surface area contributed by atoms with Gasteiger partial charge in [-0.3, -0.25) is 9.52 Å². The first-order valence-corrected chi connectivity index (χ1v) is 10.2. The van der Waals surface area contributed by atoms with Crippen molar-refractivity contribution in [3.05, 3.63) is 82.7 Å². The van der Waals surface area contributed by atoms with Gasteiger partial charge in [-0.2, -0.15) is 5.10 Å². The monoisotopic (exact) mass is 421 g/mol. The molecule has 3 rings (SSSR count). The molecule has 0 fully saturated rings. The summed E-state index contributed by atoms with van der Waals surface area (Å²) < 4.78 is 53.7. The van der Waals surface area contributed by atoms with E-state index in [-0.39, 0.29) is 21.0 Å². The van der Waals surface area contributed by atoms with Crippen LogP contribution in [0.15, 0.2) is 69.3 Å². The number of sulfonamides is 1. The zero-order chi connectivity index (χ0) is 20.1. The molecule has 0 spiro atoms. The Bertz CT molecular complexity index is 1130. The van der Waals surface area contributed by atoms with Crippen molar-refractivity contribution in [3.63, 3.8) is 0 Å². The van der Waals surface area contributed by atoms with Crippen LogP contribution < -0.4 is 10.1 Å². The molecule has 2 N–H and O–H groups in total. The first-order valence-electron chi connectivity index (χ1n) is 7.80. The lowest BCUT2D eigenvalue weighted by molar-refractivity contribution is 0.0956. The first-order chi connectivity index (χ1) is 13.4. The minimum Gasteiger partial charge on any atom is -0.278 e. The fraction of sp³-hybridized carbons (Fsp3) is 0. The standard InChI is InChI=1S/C18H13F2N3O3S2/c19-13-8-7-12(15(20)10-13)11-21-22-18(24)14-4-1-2-5-16(14)23-28(25,26)17-6-3-9-27-17/h1-11,23H,(H,22,24). The van der Waals surface area contributed by atoms with Crippen molar-refractivity contribution in [2.24, 2.45) is 5.10 Å². The fourth-order valence-electron chi connectivity index (χ4n) is 2.21. The van der Waals surface area contributed by atoms with Crippen molar-refractivity contribution < 1.29 is 22.0 Å². The number of anilines is 1. The van der Waals surface area contributed by atoms with Crippen molar-refractivity contribution >= 4 is 39.2 Å². The van der Waals surface area contributed by atoms with Gasteiger partial charge in [-0.05, 0) is 35.7 Å². The molecule has 28 heavy (non-hydrogen) atoms. The molecule has 0 aliphatic carbocycles. The summed E-state index contributed by atoms with van der Waals surface area (Å²) in [5.74, 6) is -2.27. The summed E-state index contributed by atoms with van der Waals surface area (Å²) in [4.78, 5) is 12.4. The van der Waals surface area contributed by atoms with Gasteiger partial charge < -0.3 is 0 Å². The van der Waals surface area contributed by atoms with Gasteiger partial charge in [0, 0.05) is 11.6 Å². The lowest BCUT2D eigenvalue weighted by Crippen LogP contribution is -2.21. The number of hydrogen-bond donors (Lipinski definition) is 2. The molecule has 1 aromatic heterocycles. The van der Waals surface area contributed by atoms with Gasteiger partial charge in [0.1, 0.15) is 15.8 Å². The minimum absolute atomic E-state index is 0.0200. The van der Waals surface area contributed by atoms with E-state index in [0.29, 0.717) is 6.07 Å². The molecule has 10 heteroatoms. The van der Waals surface area contributed by atoms with Crippen LogP contribution in [-0.2, 0) is 10.0 Å². The topological polar surface area (TPSA) is 87.6 Å². The number of hydrogen-bond acceptors (Lipinski definition) is 5. The lowest BCUT2D eigenvalue weighted by atomic mass is 10.2. The molecule has 0 aliphatic heterocycles. The Hall–Kier alpha value is -3.11. The first kappa shape index (κ1) is 19.6. The molecule has 0 unspecified atom stereocenters. The maximum Gasteiger partial charge on any atom is 0.273 e. The van der Waals surface area contributed by atoms with Crippen LogP contribution in [0.5, 0.6) is 0 Å². The van der Waals surface area contributed by atoms with Crippen molar-refractivity contribution in [1.82, 2.24) is 5.43 Å². The lowest BCUT2D eigenvalue weighted by Gasteiger charge is -2.10. The molecular weight excluding hydrogens is 408 g/mol. The second-order valence-electron chi connectivity index (χ2n) is 5.45. The van der Waals surface area contributed by atoms with E-state index < -0.39 is 27.6 Å². The van der Waals surface area contributed by atoms with Crippen molar-refractivity contribution in [1.29, 1.82) is 0 Å². The summed E-state index contributed by atoms with van der Waals surface area (Å²) in [7, 11) is -3.83. The average molecular weight is 421 g/mol. The molecule has 2 aromatic carbocycles. The second kappa shape index (κ2) is 8.28. The quantitative estimate of drug-likeness (QED) is 0.471. The second-order valence-corrected chi connectivity index (χ2v) is 8.31. The van der Waals surface area contributed by atoms with Crippen LogP contribution in [0.2, 0.25) is 0 Å². The van der Waals surface area contributed by atoms with Gasteiger partial charge in [0.15, 0.2) is 0 Å². The third-order valence-corrected chi connectivity index (χ3v) is 6.27. The number of benzene rings is 2. The highest BCUT2D eigenvalue weighted by atomic mass is 32.2. The molecule has 144 valence electrons. The van der Waals surface area contributed by atoms with Crippen LogP contribution in [0.3, 0.4) is 0 Å². The Morgan fingerprint density at radius 1 is 1.07 bits per heavy atom. The Morgan fingerprint density at radius 2 is 1.86 bits per heavy atom. The maximum absolute atomic E-state index is 13.6. The third-order valence-electron chi connectivity index (χ3n) is 3.51. The smallest absolute Gasteiger partial charge is 0.273 e. The van der Waals surface area contributed by atoms with E-state index >= 15 is 0 Å². The highest BCUT2D eigenvalue weighted by molar-refractivity contribution is 7.94. The van der Waals surface area contributed by atoms with Crippen LogP contribution >= 0.6 is 11.3 Å². The summed E-state index contributed by atoms with van der Waals surface area (Å²) in [5, 5.41) is 5.26. The third kappa shape index (κ3) is 4.59. The van der Waals surface area contributed by atoms with Crippen LogP contribution in [0.1, 0.15) is 15.9 Å². The number of hydrazone groups is 1. The molecule has 0 bridgehead atoms. The highest BCUT2D eigenvalue weighted by Gasteiger charge is 2.19. The predicted octanol–water partition coefficient (Wildman–Crippen LogP) is 3.59. The van der Waals surface area contributed by atoms with Gasteiger partial charge in [0.25, 0.3) is 15.9 Å². The normalized spacial score (nSPS) is 11.5. The fourth-order valence-corrected chi connectivity index (χ4v) is 4.28. The van der Waals surface area contributed by atoms with Crippen LogP contribution in [0.25, 0.3) is 0 Å². The van der Waals surface area contributed by atoms with Crippen molar-refractivity contribution in [2.45, 2.75) is 4.21 Å². The number of carbonyl (C=O) groups excluding carboxylic acids is 1. The maximum atomic E-state index is 13.6. The predicted molar refractivity (Wildman–Crippen MR) is 103 cm³/mol. The molecule has 3 aromatic rings. The molecule has 1 amide bonds. The summed E-state index contributed by atoms with van der Waals surface area (Å²) in [6.07, 6.45) is 1.02. The van der Waals surface area contributed by atoms with Crippen molar-refractivity contribution in [2.75, 3.05) is 4.72 Å². The Balaban J connectivity index is 1.77. The summed E-state index contributed by atoms with van der Waals surface area (Å²) >= 11 is 1.04. The number of nitrogens with one attached hydrogen (secondary N) is 2. The molecular formula is C18H13F2N3O3S2. The van der Waals surface area contributed by atoms with Crippen LogP contribution in [0, 0.1) is 11.6 Å². The molecule has 0 aliphatic rings. The minimum atomic E-state index is -3.83. The number of rotatable bonds is 6. The number of thiophene rings is 1. The van der Waals surface area contributed by atoms with E-state index in [2.05, 4.69) is 15.2 Å². The largest absolute Gasteiger partial charge is 0.278 e. The SMILES string of the molecule is O=C(NN=Cc1ccc(F)cc1F)c1ccccc1NS(=O)(=O)c1cccs1. The zero-order valence-electron chi connectivity index (χ0n) is 14.1. The number of carbonyl (C=O) groups is 1. The van der Waals surface area contributed by atoms with E-state index in [1.165, 1.54) is 24.3 Å². The van der Waals surface area contributed by atoms with Gasteiger partial charge in [0.05, 0.1) is 17.5 Å². The average Bonchev–Trinajstić information content (AvgIpc) is 3.19. The molecule has 0 saturated carbocycles. The molecule has 0 saturated heterocycles. The molecule has 6 nitrogen and oxygen atoms in total. The number of nitrogens with zero attached hydrogens (tertiary/aromatic N) is 1. The van der Waals surface area contributed by atoms with E-state index in [0.717, 1.165) is 23.6 Å². The number of halogens is 2. The van der Waals surface area contributed by atoms with E-state index in [4.69, 9.17) is 0 Å². The molecule has 0 radical (unpaired) electrons. The van der Waals surface area contributed by atoms with E-state index in [1.54, 1.807) is 23.6 Å². The van der Waals surface area contributed by atoms with Crippen LogP contribution in [-0.4, -0.2) is 20.5 Å². The zero-order valence-corrected chi connectivity index (χ0v) is 15.7. The van der Waals surface area contributed by atoms with Gasteiger partial charge >= 0.3 is 0 Å². The van der Waals surface area contributed by atoms with Gasteiger partial charge in [-0.25, -0.2) is 22.6 Å². The summed E-state index contributed by atoms with van der Waals surface area (Å²) in [6, 6.07) is 11.9. The number of amides is 1. The Kier molecular flexibility index (Phi) is 5.81. The summed E-state index contributed by atoms with van der Waals surface area (Å²) in [6.45, 7) is 0. The summed E-state index contributed by atoms with van der Waals surface area (Å²) in [5.41, 5.74) is 2.26. The van der Waals surface area contributed by atoms with Gasteiger partial charge in [-0.1, -0.05) is 18.2 Å². The Morgan fingerprint density at radius 3 is 2.57 bits per heavy atom. The van der Waals surface area contributed by atoms with Crippen molar-refractivity contribution in [3.8, 4) is 0 Å². The highest BCUT2D eigenvalue weighted by Crippen LogP contribution is 2.22. The Labute approximate surface area is 163 Å². The van der Waals surface area contributed by atoms with E-state index in [9.17, 15) is 22.0 Å². The van der Waals surface area contributed by atoms with Gasteiger partial charge in [0.2, 0.25) is 0 Å².